The first-order chi connectivity index (χ1) is 8.53. The first-order valence-corrected chi connectivity index (χ1v) is 6.92. The lowest BCUT2D eigenvalue weighted by molar-refractivity contribution is -0.123. The molecule has 1 unspecified atom stereocenters. The number of nitrogens with zero attached hydrogens (tertiary/aromatic N) is 1. The Morgan fingerprint density at radius 2 is 2.00 bits per heavy atom. The summed E-state index contributed by atoms with van der Waals surface area (Å²) < 4.78 is 5.37. The van der Waals surface area contributed by atoms with Crippen LogP contribution in [0.5, 0.6) is 0 Å². The largest absolute Gasteiger partial charge is 0.379 e. The maximum absolute atomic E-state index is 11.9. The van der Waals surface area contributed by atoms with Crippen molar-refractivity contribution < 1.29 is 9.53 Å². The molecular formula is C13H25N3O2. The van der Waals surface area contributed by atoms with Gasteiger partial charge in [0.2, 0.25) is 5.91 Å². The number of hydrogen-bond donors (Lipinski definition) is 2. The van der Waals surface area contributed by atoms with Crippen LogP contribution in [0.4, 0.5) is 0 Å². The molecule has 0 spiro atoms. The Morgan fingerprint density at radius 3 is 2.50 bits per heavy atom. The number of carbonyl (C=O) groups excluding carboxylic acids is 1. The van der Waals surface area contributed by atoms with Gasteiger partial charge in [-0.15, -0.1) is 0 Å². The summed E-state index contributed by atoms with van der Waals surface area (Å²) in [7, 11) is 0. The number of morpholine rings is 1. The van der Waals surface area contributed by atoms with Gasteiger partial charge in [0, 0.05) is 25.7 Å². The Bertz CT molecular complexity index is 297. The van der Waals surface area contributed by atoms with E-state index in [9.17, 15) is 4.79 Å². The van der Waals surface area contributed by atoms with E-state index in [1.54, 1.807) is 0 Å². The normalized spacial score (nSPS) is 24.9. The van der Waals surface area contributed by atoms with Crippen molar-refractivity contribution in [3.63, 3.8) is 0 Å². The van der Waals surface area contributed by atoms with Crippen LogP contribution in [0.2, 0.25) is 0 Å². The van der Waals surface area contributed by atoms with Gasteiger partial charge in [0.15, 0.2) is 0 Å². The Labute approximate surface area is 109 Å². The molecule has 1 atom stereocenters. The van der Waals surface area contributed by atoms with Crippen LogP contribution in [0, 0.1) is 5.92 Å². The lowest BCUT2D eigenvalue weighted by Crippen LogP contribution is -2.53. The van der Waals surface area contributed by atoms with E-state index in [4.69, 9.17) is 10.5 Å². The quantitative estimate of drug-likeness (QED) is 0.723. The Morgan fingerprint density at radius 1 is 1.39 bits per heavy atom. The molecule has 0 bridgehead atoms. The van der Waals surface area contributed by atoms with Crippen molar-refractivity contribution in [2.24, 2.45) is 11.7 Å². The lowest BCUT2D eigenvalue weighted by Gasteiger charge is -2.37. The van der Waals surface area contributed by atoms with E-state index >= 15 is 0 Å². The van der Waals surface area contributed by atoms with E-state index < -0.39 is 5.54 Å². The molecule has 5 nitrogen and oxygen atoms in total. The van der Waals surface area contributed by atoms with Gasteiger partial charge in [-0.05, 0) is 18.8 Å². The molecule has 1 heterocycles. The number of ether oxygens (including phenoxy) is 1. The summed E-state index contributed by atoms with van der Waals surface area (Å²) in [5, 5.41) is 3.02. The van der Waals surface area contributed by atoms with Crippen molar-refractivity contribution in [2.75, 3.05) is 32.8 Å². The highest BCUT2D eigenvalue weighted by Gasteiger charge is 2.46. The topological polar surface area (TPSA) is 67.6 Å². The van der Waals surface area contributed by atoms with E-state index in [1.165, 1.54) is 0 Å². The molecule has 0 aromatic carbocycles. The van der Waals surface area contributed by atoms with Crippen molar-refractivity contribution in [1.29, 1.82) is 0 Å². The summed E-state index contributed by atoms with van der Waals surface area (Å²) in [5.74, 6) is 0.526. The fourth-order valence-electron chi connectivity index (χ4n) is 2.43. The molecule has 0 aromatic rings. The minimum atomic E-state index is -0.563. The molecule has 0 radical (unpaired) electrons. The van der Waals surface area contributed by atoms with Crippen LogP contribution < -0.4 is 11.1 Å². The number of nitrogens with one attached hydrogen (secondary N) is 1. The average molecular weight is 255 g/mol. The summed E-state index contributed by atoms with van der Waals surface area (Å²) in [5.41, 5.74) is 5.32. The van der Waals surface area contributed by atoms with E-state index in [-0.39, 0.29) is 5.91 Å². The maximum Gasteiger partial charge on any atom is 0.240 e. The second-order valence-corrected chi connectivity index (χ2v) is 5.83. The van der Waals surface area contributed by atoms with E-state index in [0.717, 1.165) is 39.1 Å². The highest BCUT2D eigenvalue weighted by atomic mass is 16.5. The van der Waals surface area contributed by atoms with Crippen LogP contribution >= 0.6 is 0 Å². The zero-order chi connectivity index (χ0) is 13.2. The van der Waals surface area contributed by atoms with Crippen molar-refractivity contribution in [3.8, 4) is 0 Å². The van der Waals surface area contributed by atoms with Crippen molar-refractivity contribution in [2.45, 2.75) is 38.3 Å². The molecule has 1 aliphatic carbocycles. The summed E-state index contributed by atoms with van der Waals surface area (Å²) in [4.78, 5) is 14.3. The minimum absolute atomic E-state index is 0.0152. The molecule has 5 heteroatoms. The SMILES string of the molecule is CC(C)C(CNC(=O)C1(N)CC1)N1CCOCC1. The molecule has 1 saturated heterocycles. The standard InChI is InChI=1S/C13H25N3O2/c1-10(2)11(16-5-7-18-8-6-16)9-15-12(17)13(14)3-4-13/h10-11H,3-9,14H2,1-2H3,(H,15,17). The third-order valence-electron chi connectivity index (χ3n) is 4.00. The number of rotatable bonds is 5. The predicted octanol–water partition coefficient (Wildman–Crippen LogP) is -0.0493. The highest BCUT2D eigenvalue weighted by molar-refractivity contribution is 5.88. The highest BCUT2D eigenvalue weighted by Crippen LogP contribution is 2.32. The van der Waals surface area contributed by atoms with Gasteiger partial charge >= 0.3 is 0 Å². The zero-order valence-electron chi connectivity index (χ0n) is 11.4. The van der Waals surface area contributed by atoms with Crippen molar-refractivity contribution in [3.05, 3.63) is 0 Å². The molecule has 3 N–H and O–H groups in total. The van der Waals surface area contributed by atoms with Gasteiger partial charge in [-0.3, -0.25) is 9.69 Å². The molecule has 2 fully saturated rings. The second-order valence-electron chi connectivity index (χ2n) is 5.83. The molecule has 1 saturated carbocycles. The maximum atomic E-state index is 11.9. The zero-order valence-corrected chi connectivity index (χ0v) is 11.4. The summed E-state index contributed by atoms with van der Waals surface area (Å²) in [6.07, 6.45) is 1.64. The molecule has 18 heavy (non-hydrogen) atoms. The van der Waals surface area contributed by atoms with Crippen molar-refractivity contribution in [1.82, 2.24) is 10.2 Å². The van der Waals surface area contributed by atoms with Crippen LogP contribution in [-0.2, 0) is 9.53 Å². The molecule has 1 amide bonds. The van der Waals surface area contributed by atoms with E-state index in [1.807, 2.05) is 0 Å². The molecule has 2 rings (SSSR count). The predicted molar refractivity (Wildman–Crippen MR) is 70.2 cm³/mol. The number of amides is 1. The Hall–Kier alpha value is -0.650. The van der Waals surface area contributed by atoms with Crippen LogP contribution in [-0.4, -0.2) is 55.2 Å². The van der Waals surface area contributed by atoms with Gasteiger partial charge in [-0.2, -0.15) is 0 Å². The average Bonchev–Trinajstić information content (AvgIpc) is 3.10. The first kappa shape index (κ1) is 13.8. The van der Waals surface area contributed by atoms with Gasteiger partial charge in [-0.1, -0.05) is 13.8 Å². The fraction of sp³-hybridized carbons (Fsp3) is 0.923. The fourth-order valence-corrected chi connectivity index (χ4v) is 2.43. The van der Waals surface area contributed by atoms with E-state index in [2.05, 4.69) is 24.1 Å². The van der Waals surface area contributed by atoms with Gasteiger partial charge in [0.25, 0.3) is 0 Å². The Balaban J connectivity index is 1.83. The van der Waals surface area contributed by atoms with Crippen LogP contribution in [0.3, 0.4) is 0 Å². The summed E-state index contributed by atoms with van der Waals surface area (Å²) in [6.45, 7) is 8.56. The van der Waals surface area contributed by atoms with Gasteiger partial charge in [-0.25, -0.2) is 0 Å². The summed E-state index contributed by atoms with van der Waals surface area (Å²) >= 11 is 0. The van der Waals surface area contributed by atoms with Crippen LogP contribution in [0.25, 0.3) is 0 Å². The first-order valence-electron chi connectivity index (χ1n) is 6.92. The van der Waals surface area contributed by atoms with E-state index in [0.29, 0.717) is 18.5 Å². The molecular weight excluding hydrogens is 230 g/mol. The van der Waals surface area contributed by atoms with Gasteiger partial charge in [0.05, 0.1) is 18.8 Å². The summed E-state index contributed by atoms with van der Waals surface area (Å²) in [6, 6.07) is 0.375. The smallest absolute Gasteiger partial charge is 0.240 e. The monoisotopic (exact) mass is 255 g/mol. The molecule has 0 aromatic heterocycles. The number of nitrogens with two attached hydrogens (primary N) is 1. The van der Waals surface area contributed by atoms with Crippen molar-refractivity contribution >= 4 is 5.91 Å². The minimum Gasteiger partial charge on any atom is -0.379 e. The lowest BCUT2D eigenvalue weighted by atomic mass is 10.0. The molecule has 104 valence electrons. The molecule has 2 aliphatic rings. The van der Waals surface area contributed by atoms with Crippen LogP contribution in [0.15, 0.2) is 0 Å². The van der Waals surface area contributed by atoms with Crippen LogP contribution in [0.1, 0.15) is 26.7 Å². The van der Waals surface area contributed by atoms with Gasteiger partial charge < -0.3 is 15.8 Å². The second kappa shape index (κ2) is 5.55. The number of carbonyl (C=O) groups is 1. The number of hydrogen-bond acceptors (Lipinski definition) is 4. The Kier molecular flexibility index (Phi) is 4.25. The molecule has 1 aliphatic heterocycles. The van der Waals surface area contributed by atoms with Gasteiger partial charge in [0.1, 0.15) is 0 Å². The third kappa shape index (κ3) is 3.22. The third-order valence-corrected chi connectivity index (χ3v) is 4.00.